The first-order valence-corrected chi connectivity index (χ1v) is 13.4. The predicted molar refractivity (Wildman–Crippen MR) is 136 cm³/mol. The predicted octanol–water partition coefficient (Wildman–Crippen LogP) is 0.802. The molecule has 0 amide bonds. The molecule has 36 heavy (non-hydrogen) atoms. The molecule has 0 aromatic heterocycles. The van der Waals surface area contributed by atoms with Crippen LogP contribution in [0.5, 0.6) is 0 Å². The van der Waals surface area contributed by atoms with Crippen molar-refractivity contribution in [2.24, 2.45) is 0 Å². The maximum atomic E-state index is 11.5. The van der Waals surface area contributed by atoms with E-state index in [1.807, 2.05) is 0 Å². The quantitative estimate of drug-likeness (QED) is 0.253. The number of hydrogen-bond acceptors (Lipinski definition) is 8. The standard InChI is InChI=1S/C10H12ClNO4S.C9H10ClNO4S.CH3.Li.H2O/c1-6-4-7(11)5-8(10(13)16-2)9(6)12-17(3,14)15;1-5-3-6(10)4-7(9(12)13)8(5)11-16(2,14)15;;;/h4-5,12H,1-3H3;3-4,11H,1-2H3,(H,12,13);1H3;;1H2/q;;-1;+1;/p-1. The summed E-state index contributed by atoms with van der Waals surface area (Å²) in [6.45, 7) is 3.22. The van der Waals surface area contributed by atoms with E-state index < -0.39 is 32.0 Å². The third kappa shape index (κ3) is 12.3. The van der Waals surface area contributed by atoms with Crippen LogP contribution in [-0.4, -0.2) is 59.0 Å². The van der Waals surface area contributed by atoms with Crippen molar-refractivity contribution in [3.8, 4) is 0 Å². The molecule has 0 heterocycles. The normalized spacial score (nSPS) is 10.2. The molecular weight excluding hydrogens is 554 g/mol. The Kier molecular flexibility index (Phi) is 16.4. The molecule has 0 atom stereocenters. The second-order valence-corrected chi connectivity index (χ2v) is 11.2. The van der Waals surface area contributed by atoms with Gasteiger partial charge in [0.25, 0.3) is 0 Å². The fourth-order valence-corrected chi connectivity index (χ4v) is 4.40. The van der Waals surface area contributed by atoms with Gasteiger partial charge in [0.05, 0.1) is 42.1 Å². The molecule has 2 aromatic carbocycles. The number of carboxylic acid groups (broad SMARTS) is 1. The number of halogens is 2. The summed E-state index contributed by atoms with van der Waals surface area (Å²) < 4.78 is 53.6. The zero-order valence-corrected chi connectivity index (χ0v) is 23.8. The van der Waals surface area contributed by atoms with E-state index in [1.165, 1.54) is 25.3 Å². The SMILES string of the molecule is COC(=O)c1cc(Cl)cc(C)c1NS(C)(=O)=O.Cc1cc(Cl)cc(C(=O)O)c1NS(C)(=O)=O.[CH3-].[Li+].[OH-]. The molecule has 0 saturated heterocycles. The molecule has 11 nitrogen and oxygen atoms in total. The number of carboxylic acids is 1. The Morgan fingerprint density at radius 1 is 0.833 bits per heavy atom. The first-order valence-electron chi connectivity index (χ1n) is 8.82. The minimum Gasteiger partial charge on any atom is -0.870 e. The molecular formula is C20H26Cl2LiN2O9S2-. The van der Waals surface area contributed by atoms with Crippen molar-refractivity contribution in [1.29, 1.82) is 0 Å². The van der Waals surface area contributed by atoms with Gasteiger partial charge < -0.3 is 22.7 Å². The van der Waals surface area contributed by atoms with E-state index in [-0.39, 0.29) is 59.3 Å². The van der Waals surface area contributed by atoms with Gasteiger partial charge in [0.15, 0.2) is 0 Å². The number of carbonyl (C=O) groups excluding carboxylic acids is 1. The Balaban J connectivity index is -0.000000559. The summed E-state index contributed by atoms with van der Waals surface area (Å²) in [5.41, 5.74) is 1.14. The molecule has 198 valence electrons. The molecule has 2 rings (SSSR count). The number of aromatic carboxylic acids is 1. The van der Waals surface area contributed by atoms with Gasteiger partial charge in [-0.3, -0.25) is 9.44 Å². The first-order chi connectivity index (χ1) is 14.9. The molecule has 0 unspecified atom stereocenters. The maximum Gasteiger partial charge on any atom is 1.00 e. The van der Waals surface area contributed by atoms with Crippen LogP contribution in [0, 0.1) is 21.3 Å². The molecule has 0 bridgehead atoms. The Morgan fingerprint density at radius 2 is 1.17 bits per heavy atom. The summed E-state index contributed by atoms with van der Waals surface area (Å²) in [7, 11) is -5.79. The fraction of sp³-hybridized carbons (Fsp3) is 0.250. The molecule has 16 heteroatoms. The second kappa shape index (κ2) is 15.3. The number of nitrogens with one attached hydrogen (secondary N) is 2. The van der Waals surface area contributed by atoms with E-state index in [0.29, 0.717) is 16.1 Å². The third-order valence-corrected chi connectivity index (χ3v) is 5.40. The number of methoxy groups -OCH3 is 1. The summed E-state index contributed by atoms with van der Waals surface area (Å²) in [4.78, 5) is 22.4. The van der Waals surface area contributed by atoms with Crippen LogP contribution in [0.2, 0.25) is 10.0 Å². The van der Waals surface area contributed by atoms with Crippen molar-refractivity contribution in [2.75, 3.05) is 29.1 Å². The average molecular weight is 580 g/mol. The molecule has 4 N–H and O–H groups in total. The smallest absolute Gasteiger partial charge is 0.870 e. The topological polar surface area (TPSA) is 186 Å². The molecule has 2 aromatic rings. The molecule has 0 spiro atoms. The van der Waals surface area contributed by atoms with Gasteiger partial charge in [-0.05, 0) is 49.2 Å². The van der Waals surface area contributed by atoms with Crippen LogP contribution in [0.25, 0.3) is 0 Å². The molecule has 0 saturated carbocycles. The van der Waals surface area contributed by atoms with Crippen LogP contribution in [0.4, 0.5) is 11.4 Å². The van der Waals surface area contributed by atoms with E-state index in [9.17, 15) is 26.4 Å². The summed E-state index contributed by atoms with van der Waals surface area (Å²) in [6.07, 6.45) is 1.95. The van der Waals surface area contributed by atoms with Crippen molar-refractivity contribution >= 4 is 66.6 Å². The van der Waals surface area contributed by atoms with Gasteiger partial charge in [-0.1, -0.05) is 23.2 Å². The number of hydrogen-bond donors (Lipinski definition) is 3. The van der Waals surface area contributed by atoms with E-state index in [4.69, 9.17) is 28.3 Å². The zero-order valence-electron chi connectivity index (χ0n) is 20.6. The van der Waals surface area contributed by atoms with E-state index in [2.05, 4.69) is 14.2 Å². The summed E-state index contributed by atoms with van der Waals surface area (Å²) in [5, 5.41) is 9.50. The fourth-order valence-electron chi connectivity index (χ4n) is 2.57. The molecule has 0 radical (unpaired) electrons. The van der Waals surface area contributed by atoms with Gasteiger partial charge in [0.2, 0.25) is 20.0 Å². The Bertz CT molecular complexity index is 1300. The van der Waals surface area contributed by atoms with Crippen molar-refractivity contribution < 1.29 is 60.6 Å². The van der Waals surface area contributed by atoms with Crippen LogP contribution in [0.15, 0.2) is 24.3 Å². The van der Waals surface area contributed by atoms with Crippen molar-refractivity contribution in [2.45, 2.75) is 13.8 Å². The molecule has 0 aliphatic heterocycles. The van der Waals surface area contributed by atoms with Gasteiger partial charge in [-0.25, -0.2) is 26.4 Å². The number of benzene rings is 2. The first kappa shape index (κ1) is 38.5. The number of esters is 1. The minimum atomic E-state index is -3.52. The van der Waals surface area contributed by atoms with Crippen LogP contribution in [0.3, 0.4) is 0 Å². The van der Waals surface area contributed by atoms with Gasteiger partial charge in [0.1, 0.15) is 0 Å². The molecule has 0 aliphatic carbocycles. The molecule has 0 aliphatic rings. The van der Waals surface area contributed by atoms with Gasteiger partial charge >= 0.3 is 30.8 Å². The number of aryl methyl sites for hydroxylation is 2. The number of carbonyl (C=O) groups is 2. The van der Waals surface area contributed by atoms with Gasteiger partial charge in [-0.15, -0.1) is 0 Å². The van der Waals surface area contributed by atoms with Crippen LogP contribution in [0.1, 0.15) is 31.8 Å². The Morgan fingerprint density at radius 3 is 1.47 bits per heavy atom. The van der Waals surface area contributed by atoms with Crippen LogP contribution in [-0.2, 0) is 24.8 Å². The number of sulfonamides is 2. The van der Waals surface area contributed by atoms with Crippen LogP contribution >= 0.6 is 23.2 Å². The monoisotopic (exact) mass is 579 g/mol. The average Bonchev–Trinajstić information content (AvgIpc) is 2.63. The second-order valence-electron chi connectivity index (χ2n) is 6.84. The third-order valence-electron chi connectivity index (χ3n) is 3.81. The van der Waals surface area contributed by atoms with Crippen molar-refractivity contribution in [3.05, 3.63) is 64.0 Å². The Hall–Kier alpha value is -1.98. The van der Waals surface area contributed by atoms with E-state index in [1.54, 1.807) is 19.9 Å². The van der Waals surface area contributed by atoms with Crippen LogP contribution < -0.4 is 28.3 Å². The molecule has 0 fully saturated rings. The number of rotatable bonds is 6. The summed E-state index contributed by atoms with van der Waals surface area (Å²) >= 11 is 11.5. The van der Waals surface area contributed by atoms with E-state index in [0.717, 1.165) is 12.5 Å². The summed E-state index contributed by atoms with van der Waals surface area (Å²) in [5.74, 6) is -1.89. The van der Waals surface area contributed by atoms with Crippen molar-refractivity contribution in [3.63, 3.8) is 0 Å². The maximum absolute atomic E-state index is 11.5. The van der Waals surface area contributed by atoms with E-state index >= 15 is 0 Å². The zero-order chi connectivity index (χ0) is 25.7. The number of anilines is 2. The van der Waals surface area contributed by atoms with Crippen molar-refractivity contribution in [1.82, 2.24) is 0 Å². The Labute approximate surface area is 233 Å². The number of ether oxygens (including phenoxy) is 1. The van der Waals surface area contributed by atoms with Gasteiger partial charge in [0, 0.05) is 10.0 Å². The minimum absolute atomic E-state index is 0. The van der Waals surface area contributed by atoms with Gasteiger partial charge in [-0.2, -0.15) is 0 Å². The largest absolute Gasteiger partial charge is 1.00 e. The summed E-state index contributed by atoms with van der Waals surface area (Å²) in [6, 6.07) is 5.60.